The van der Waals surface area contributed by atoms with Gasteiger partial charge in [0.1, 0.15) is 17.3 Å². The van der Waals surface area contributed by atoms with Gasteiger partial charge in [0, 0.05) is 17.7 Å². The molecule has 0 aliphatic heterocycles. The molecule has 0 fully saturated rings. The topological polar surface area (TPSA) is 107 Å². The molecule has 3 aromatic rings. The first-order valence-corrected chi connectivity index (χ1v) is 8.79. The molecule has 8 nitrogen and oxygen atoms in total. The maximum Gasteiger partial charge on any atom is 0.277 e. The Morgan fingerprint density at radius 1 is 1.17 bits per heavy atom. The number of amides is 1. The Morgan fingerprint density at radius 3 is 2.76 bits per heavy atom. The second kappa shape index (κ2) is 8.83. The van der Waals surface area contributed by atoms with Gasteiger partial charge in [-0.05, 0) is 49.2 Å². The first-order valence-electron chi connectivity index (χ1n) is 8.79. The number of nitrogens with one attached hydrogen (secondary N) is 1. The largest absolute Gasteiger partial charge is 0.484 e. The fraction of sp³-hybridized carbons (Fsp3) is 0.143. The third-order valence-corrected chi connectivity index (χ3v) is 4.20. The zero-order valence-electron chi connectivity index (χ0n) is 15.9. The summed E-state index contributed by atoms with van der Waals surface area (Å²) in [6.07, 6.45) is 1.34. The third kappa shape index (κ3) is 5.29. The number of nitro benzene ring substituents is 1. The number of rotatable bonds is 7. The van der Waals surface area contributed by atoms with Gasteiger partial charge in [0.15, 0.2) is 6.61 Å². The second-order valence-corrected chi connectivity index (χ2v) is 6.34. The smallest absolute Gasteiger partial charge is 0.277 e. The van der Waals surface area contributed by atoms with Gasteiger partial charge in [-0.3, -0.25) is 14.9 Å². The van der Waals surface area contributed by atoms with Gasteiger partial charge in [-0.1, -0.05) is 18.2 Å². The number of furan rings is 1. The molecule has 1 N–H and O–H groups in total. The van der Waals surface area contributed by atoms with E-state index in [1.807, 2.05) is 26.0 Å². The molecule has 0 radical (unpaired) electrons. The predicted octanol–water partition coefficient (Wildman–Crippen LogP) is 4.00. The standard InChI is InChI=1S/C21H19N3O5/c1-14-6-7-18(10-15(14)2)28-13-21(25)23-22-12-19-8-9-20(29-19)16-4-3-5-17(11-16)24(26)27/h3-12H,13H2,1-2H3,(H,23,25). The number of non-ortho nitro benzene ring substituents is 1. The summed E-state index contributed by atoms with van der Waals surface area (Å²) < 4.78 is 11.0. The number of hydrazone groups is 1. The lowest BCUT2D eigenvalue weighted by molar-refractivity contribution is -0.384. The van der Waals surface area contributed by atoms with Crippen LogP contribution in [0.25, 0.3) is 11.3 Å². The van der Waals surface area contributed by atoms with Gasteiger partial charge in [0.05, 0.1) is 11.1 Å². The zero-order valence-corrected chi connectivity index (χ0v) is 15.9. The molecule has 0 atom stereocenters. The fourth-order valence-corrected chi connectivity index (χ4v) is 2.50. The maximum atomic E-state index is 11.8. The molecule has 1 heterocycles. The van der Waals surface area contributed by atoms with Gasteiger partial charge < -0.3 is 9.15 Å². The lowest BCUT2D eigenvalue weighted by Crippen LogP contribution is -2.24. The normalized spacial score (nSPS) is 10.8. The molecule has 3 rings (SSSR count). The fourth-order valence-electron chi connectivity index (χ4n) is 2.50. The Morgan fingerprint density at radius 2 is 2.00 bits per heavy atom. The molecule has 1 aromatic heterocycles. The highest BCUT2D eigenvalue weighted by Crippen LogP contribution is 2.25. The summed E-state index contributed by atoms with van der Waals surface area (Å²) in [5, 5.41) is 14.7. The minimum absolute atomic E-state index is 0.0230. The third-order valence-electron chi connectivity index (χ3n) is 4.20. The molecule has 0 unspecified atom stereocenters. The summed E-state index contributed by atoms with van der Waals surface area (Å²) in [5.41, 5.74) is 5.14. The Bertz CT molecular complexity index is 1070. The van der Waals surface area contributed by atoms with Crippen molar-refractivity contribution in [3.8, 4) is 17.1 Å². The molecule has 0 aliphatic carbocycles. The molecule has 1 amide bonds. The van der Waals surface area contributed by atoms with Crippen molar-refractivity contribution in [3.05, 3.63) is 81.6 Å². The summed E-state index contributed by atoms with van der Waals surface area (Å²) >= 11 is 0. The molecule has 8 heteroatoms. The average Bonchev–Trinajstić information content (AvgIpc) is 3.18. The Labute approximate surface area is 167 Å². The lowest BCUT2D eigenvalue weighted by atomic mass is 10.1. The number of carbonyl (C=O) groups is 1. The average molecular weight is 393 g/mol. The molecule has 0 aliphatic rings. The second-order valence-electron chi connectivity index (χ2n) is 6.34. The van der Waals surface area contributed by atoms with Crippen molar-refractivity contribution >= 4 is 17.8 Å². The van der Waals surface area contributed by atoms with Crippen LogP contribution in [0.1, 0.15) is 16.9 Å². The molecule has 0 saturated carbocycles. The van der Waals surface area contributed by atoms with Crippen molar-refractivity contribution in [2.24, 2.45) is 5.10 Å². The van der Waals surface area contributed by atoms with E-state index in [-0.39, 0.29) is 12.3 Å². The molecule has 2 aromatic carbocycles. The zero-order chi connectivity index (χ0) is 20.8. The van der Waals surface area contributed by atoms with Crippen molar-refractivity contribution in [2.75, 3.05) is 6.61 Å². The minimum Gasteiger partial charge on any atom is -0.484 e. The van der Waals surface area contributed by atoms with Crippen LogP contribution in [0.4, 0.5) is 5.69 Å². The van der Waals surface area contributed by atoms with Gasteiger partial charge in [0.2, 0.25) is 0 Å². The molecular formula is C21H19N3O5. The van der Waals surface area contributed by atoms with E-state index in [2.05, 4.69) is 10.5 Å². The first-order chi connectivity index (χ1) is 13.9. The van der Waals surface area contributed by atoms with E-state index in [1.165, 1.54) is 18.3 Å². The quantitative estimate of drug-likeness (QED) is 0.371. The van der Waals surface area contributed by atoms with Crippen LogP contribution in [-0.2, 0) is 4.79 Å². The van der Waals surface area contributed by atoms with Gasteiger partial charge >= 0.3 is 0 Å². The summed E-state index contributed by atoms with van der Waals surface area (Å²) in [6, 6.07) is 15.0. The number of nitro groups is 1. The van der Waals surface area contributed by atoms with Gasteiger partial charge in [-0.2, -0.15) is 5.10 Å². The molecule has 0 bridgehead atoms. The summed E-state index contributed by atoms with van der Waals surface area (Å²) in [6.45, 7) is 3.80. The van der Waals surface area contributed by atoms with E-state index in [4.69, 9.17) is 9.15 Å². The number of aryl methyl sites for hydroxylation is 2. The molecule has 0 spiro atoms. The van der Waals surface area contributed by atoms with E-state index >= 15 is 0 Å². The van der Waals surface area contributed by atoms with Gasteiger partial charge in [-0.25, -0.2) is 5.43 Å². The highest BCUT2D eigenvalue weighted by atomic mass is 16.6. The molecule has 148 valence electrons. The van der Waals surface area contributed by atoms with Gasteiger partial charge in [0.25, 0.3) is 11.6 Å². The van der Waals surface area contributed by atoms with Crippen molar-refractivity contribution in [3.63, 3.8) is 0 Å². The van der Waals surface area contributed by atoms with E-state index in [0.29, 0.717) is 22.8 Å². The van der Waals surface area contributed by atoms with Crippen LogP contribution < -0.4 is 10.2 Å². The Hall–Kier alpha value is -3.94. The Balaban J connectivity index is 1.54. The number of nitrogens with zero attached hydrogens (tertiary/aromatic N) is 2. The molecule has 29 heavy (non-hydrogen) atoms. The van der Waals surface area contributed by atoms with E-state index in [0.717, 1.165) is 11.1 Å². The number of benzene rings is 2. The van der Waals surface area contributed by atoms with Gasteiger partial charge in [-0.15, -0.1) is 0 Å². The maximum absolute atomic E-state index is 11.8. The highest BCUT2D eigenvalue weighted by molar-refractivity contribution is 5.81. The van der Waals surface area contributed by atoms with Crippen LogP contribution in [0, 0.1) is 24.0 Å². The van der Waals surface area contributed by atoms with Crippen LogP contribution in [0.5, 0.6) is 5.75 Å². The summed E-state index contributed by atoms with van der Waals surface area (Å²) in [4.78, 5) is 22.2. The highest BCUT2D eigenvalue weighted by Gasteiger charge is 2.10. The lowest BCUT2D eigenvalue weighted by Gasteiger charge is -2.07. The Kier molecular flexibility index (Phi) is 6.03. The van der Waals surface area contributed by atoms with Crippen LogP contribution in [0.3, 0.4) is 0 Å². The summed E-state index contributed by atoms with van der Waals surface area (Å²) in [7, 11) is 0. The number of hydrogen-bond acceptors (Lipinski definition) is 6. The van der Waals surface area contributed by atoms with Crippen molar-refractivity contribution < 1.29 is 18.9 Å². The number of carbonyl (C=O) groups excluding carboxylic acids is 1. The van der Waals surface area contributed by atoms with Crippen molar-refractivity contribution in [1.82, 2.24) is 5.43 Å². The van der Waals surface area contributed by atoms with Crippen LogP contribution in [-0.4, -0.2) is 23.7 Å². The minimum atomic E-state index is -0.468. The SMILES string of the molecule is Cc1ccc(OCC(=O)NN=Cc2ccc(-c3cccc([N+](=O)[O-])c3)o2)cc1C. The van der Waals surface area contributed by atoms with E-state index in [1.54, 1.807) is 30.3 Å². The van der Waals surface area contributed by atoms with E-state index in [9.17, 15) is 14.9 Å². The number of hydrogen-bond donors (Lipinski definition) is 1. The first kappa shape index (κ1) is 19.8. The van der Waals surface area contributed by atoms with Crippen LogP contribution >= 0.6 is 0 Å². The number of ether oxygens (including phenoxy) is 1. The van der Waals surface area contributed by atoms with Crippen LogP contribution in [0.2, 0.25) is 0 Å². The monoisotopic (exact) mass is 393 g/mol. The summed E-state index contributed by atoms with van der Waals surface area (Å²) in [5.74, 6) is 1.05. The molecular weight excluding hydrogens is 374 g/mol. The van der Waals surface area contributed by atoms with E-state index < -0.39 is 10.8 Å². The predicted molar refractivity (Wildman–Crippen MR) is 108 cm³/mol. The molecule has 0 saturated heterocycles. The van der Waals surface area contributed by atoms with Crippen LogP contribution in [0.15, 0.2) is 64.1 Å². The van der Waals surface area contributed by atoms with Crippen molar-refractivity contribution in [1.29, 1.82) is 0 Å². The van der Waals surface area contributed by atoms with Crippen molar-refractivity contribution in [2.45, 2.75) is 13.8 Å².